The van der Waals surface area contributed by atoms with E-state index >= 15 is 0 Å². The van der Waals surface area contributed by atoms with E-state index in [4.69, 9.17) is 0 Å². The molecule has 1 aromatic heterocycles. The summed E-state index contributed by atoms with van der Waals surface area (Å²) in [6.07, 6.45) is 2.25. The Morgan fingerprint density at radius 1 is 1.11 bits per heavy atom. The van der Waals surface area contributed by atoms with Crippen molar-refractivity contribution in [2.24, 2.45) is 0 Å². The van der Waals surface area contributed by atoms with Gasteiger partial charge >= 0.3 is 0 Å². The zero-order valence-corrected chi connectivity index (χ0v) is 12.9. The lowest BCUT2D eigenvalue weighted by molar-refractivity contribution is 0.594. The summed E-state index contributed by atoms with van der Waals surface area (Å²) in [6, 6.07) is 11.4. The smallest absolute Gasteiger partial charge is 0.0590 e. The van der Waals surface area contributed by atoms with Crippen molar-refractivity contribution in [3.63, 3.8) is 0 Å². The van der Waals surface area contributed by atoms with E-state index < -0.39 is 0 Å². The van der Waals surface area contributed by atoms with E-state index in [1.54, 1.807) is 0 Å². The van der Waals surface area contributed by atoms with Gasteiger partial charge in [0.1, 0.15) is 0 Å². The topological polar surface area (TPSA) is 12.0 Å². The molecule has 19 heavy (non-hydrogen) atoms. The van der Waals surface area contributed by atoms with E-state index in [9.17, 15) is 0 Å². The van der Waals surface area contributed by atoms with Crippen LogP contribution in [0.4, 0.5) is 0 Å². The second kappa shape index (κ2) is 6.88. The minimum Gasteiger partial charge on any atom is -0.306 e. The molecule has 0 saturated heterocycles. The minimum absolute atomic E-state index is 0.336. The van der Waals surface area contributed by atoms with E-state index in [0.29, 0.717) is 6.04 Å². The van der Waals surface area contributed by atoms with Gasteiger partial charge in [0.05, 0.1) is 6.04 Å². The van der Waals surface area contributed by atoms with Crippen LogP contribution in [0.1, 0.15) is 47.9 Å². The van der Waals surface area contributed by atoms with Crippen LogP contribution >= 0.6 is 11.3 Å². The maximum Gasteiger partial charge on any atom is 0.0590 e. The van der Waals surface area contributed by atoms with E-state index in [2.05, 4.69) is 61.8 Å². The Labute approximate surface area is 120 Å². The number of benzene rings is 1. The summed E-state index contributed by atoms with van der Waals surface area (Å²) in [5.74, 6) is 0. The summed E-state index contributed by atoms with van der Waals surface area (Å²) < 4.78 is 0. The Hall–Kier alpha value is -1.12. The van der Waals surface area contributed by atoms with Crippen molar-refractivity contribution in [3.05, 3.63) is 57.3 Å². The summed E-state index contributed by atoms with van der Waals surface area (Å²) >= 11 is 1.83. The summed E-state index contributed by atoms with van der Waals surface area (Å²) in [7, 11) is 0. The fourth-order valence-electron chi connectivity index (χ4n) is 2.51. The lowest BCUT2D eigenvalue weighted by atomic mass is 9.93. The van der Waals surface area contributed by atoms with Crippen LogP contribution in [0, 0.1) is 6.92 Å². The second-order valence-electron chi connectivity index (χ2n) is 4.87. The van der Waals surface area contributed by atoms with Crippen LogP contribution in [-0.2, 0) is 6.42 Å². The average Bonchev–Trinajstić information content (AvgIpc) is 2.86. The third kappa shape index (κ3) is 3.26. The van der Waals surface area contributed by atoms with Crippen molar-refractivity contribution < 1.29 is 0 Å². The number of nitrogens with one attached hydrogen (secondary N) is 1. The van der Waals surface area contributed by atoms with Crippen LogP contribution in [0.3, 0.4) is 0 Å². The van der Waals surface area contributed by atoms with Gasteiger partial charge in [-0.25, -0.2) is 0 Å². The van der Waals surface area contributed by atoms with Crippen molar-refractivity contribution in [3.8, 4) is 0 Å². The maximum absolute atomic E-state index is 3.71. The van der Waals surface area contributed by atoms with E-state index in [-0.39, 0.29) is 0 Å². The molecule has 1 atom stereocenters. The highest BCUT2D eigenvalue weighted by atomic mass is 32.1. The SMILES string of the molecule is CCCNC(c1ccccc1CC)c1ccsc1C. The van der Waals surface area contributed by atoms with Gasteiger partial charge in [-0.15, -0.1) is 11.3 Å². The molecule has 0 saturated carbocycles. The molecule has 0 aliphatic rings. The normalized spacial score (nSPS) is 12.6. The lowest BCUT2D eigenvalue weighted by Crippen LogP contribution is -2.24. The van der Waals surface area contributed by atoms with Gasteiger partial charge < -0.3 is 5.32 Å². The van der Waals surface area contributed by atoms with Crippen LogP contribution in [-0.4, -0.2) is 6.54 Å². The molecule has 2 heteroatoms. The molecule has 2 rings (SSSR count). The van der Waals surface area contributed by atoms with Gasteiger partial charge in [0, 0.05) is 4.88 Å². The predicted molar refractivity (Wildman–Crippen MR) is 85.0 cm³/mol. The number of aryl methyl sites for hydroxylation is 2. The van der Waals surface area contributed by atoms with Crippen molar-refractivity contribution in [1.29, 1.82) is 0 Å². The molecule has 1 aromatic carbocycles. The average molecular weight is 273 g/mol. The van der Waals surface area contributed by atoms with Crippen LogP contribution in [0.2, 0.25) is 0 Å². The minimum atomic E-state index is 0.336. The van der Waals surface area contributed by atoms with Crippen molar-refractivity contribution in [2.45, 2.75) is 39.7 Å². The monoisotopic (exact) mass is 273 g/mol. The van der Waals surface area contributed by atoms with Gasteiger partial charge in [-0.2, -0.15) is 0 Å². The molecule has 2 aromatic rings. The summed E-state index contributed by atoms with van der Waals surface area (Å²) in [6.45, 7) is 7.72. The van der Waals surface area contributed by atoms with Crippen LogP contribution in [0.15, 0.2) is 35.7 Å². The Morgan fingerprint density at radius 2 is 1.89 bits per heavy atom. The Balaban J connectivity index is 2.40. The Morgan fingerprint density at radius 3 is 2.53 bits per heavy atom. The molecular formula is C17H23NS. The first kappa shape index (κ1) is 14.3. The number of rotatable bonds is 6. The molecule has 0 aliphatic carbocycles. The van der Waals surface area contributed by atoms with Crippen molar-refractivity contribution in [1.82, 2.24) is 5.32 Å². The summed E-state index contributed by atoms with van der Waals surface area (Å²) in [5.41, 5.74) is 4.31. The molecule has 0 radical (unpaired) electrons. The number of hydrogen-bond acceptors (Lipinski definition) is 2. The van der Waals surface area contributed by atoms with Gasteiger partial charge in [-0.3, -0.25) is 0 Å². The fourth-order valence-corrected chi connectivity index (χ4v) is 3.25. The molecule has 0 bridgehead atoms. The van der Waals surface area contributed by atoms with Crippen molar-refractivity contribution in [2.75, 3.05) is 6.54 Å². The maximum atomic E-state index is 3.71. The summed E-state index contributed by atoms with van der Waals surface area (Å²) in [4.78, 5) is 1.42. The molecule has 0 fully saturated rings. The largest absolute Gasteiger partial charge is 0.306 e. The number of hydrogen-bond donors (Lipinski definition) is 1. The van der Waals surface area contributed by atoms with Gasteiger partial charge in [0.2, 0.25) is 0 Å². The molecule has 0 aliphatic heterocycles. The van der Waals surface area contributed by atoms with Crippen molar-refractivity contribution >= 4 is 11.3 Å². The first-order valence-corrected chi connectivity index (χ1v) is 8.01. The third-order valence-electron chi connectivity index (χ3n) is 3.56. The molecule has 1 heterocycles. The molecule has 0 amide bonds. The predicted octanol–water partition coefficient (Wildman–Crippen LogP) is 4.71. The first-order chi connectivity index (χ1) is 9.27. The van der Waals surface area contributed by atoms with Crippen LogP contribution < -0.4 is 5.32 Å². The molecular weight excluding hydrogens is 250 g/mol. The molecule has 1 unspecified atom stereocenters. The van der Waals surface area contributed by atoms with Gasteiger partial charge in [0.15, 0.2) is 0 Å². The molecule has 102 valence electrons. The molecule has 0 spiro atoms. The van der Waals surface area contributed by atoms with E-state index in [1.807, 2.05) is 11.3 Å². The molecule has 1 nitrogen and oxygen atoms in total. The highest BCUT2D eigenvalue weighted by molar-refractivity contribution is 7.10. The summed E-state index contributed by atoms with van der Waals surface area (Å²) in [5, 5.41) is 5.90. The quantitative estimate of drug-likeness (QED) is 0.804. The highest BCUT2D eigenvalue weighted by Gasteiger charge is 2.18. The van der Waals surface area contributed by atoms with Gasteiger partial charge in [-0.05, 0) is 54.4 Å². The lowest BCUT2D eigenvalue weighted by Gasteiger charge is -2.22. The number of thiophene rings is 1. The third-order valence-corrected chi connectivity index (χ3v) is 4.42. The first-order valence-electron chi connectivity index (χ1n) is 7.13. The highest BCUT2D eigenvalue weighted by Crippen LogP contribution is 2.30. The van der Waals surface area contributed by atoms with E-state index in [1.165, 1.54) is 21.6 Å². The van der Waals surface area contributed by atoms with Gasteiger partial charge in [-0.1, -0.05) is 38.1 Å². The fraction of sp³-hybridized carbons (Fsp3) is 0.412. The second-order valence-corrected chi connectivity index (χ2v) is 5.99. The zero-order chi connectivity index (χ0) is 13.7. The van der Waals surface area contributed by atoms with Crippen LogP contribution in [0.5, 0.6) is 0 Å². The van der Waals surface area contributed by atoms with Gasteiger partial charge in [0.25, 0.3) is 0 Å². The Bertz CT molecular complexity index is 515. The van der Waals surface area contributed by atoms with Crippen LogP contribution in [0.25, 0.3) is 0 Å². The Kier molecular flexibility index (Phi) is 5.17. The molecule has 1 N–H and O–H groups in total. The standard InChI is InChI=1S/C17H23NS/c1-4-11-18-17(15-10-12-19-13(15)3)16-9-7-6-8-14(16)5-2/h6-10,12,17-18H,4-5,11H2,1-3H3. The van der Waals surface area contributed by atoms with E-state index in [0.717, 1.165) is 19.4 Å². The zero-order valence-electron chi connectivity index (χ0n) is 12.1.